The monoisotopic (exact) mass is 248 g/mol. The minimum atomic E-state index is -0.208. The van der Waals surface area contributed by atoms with E-state index in [2.05, 4.69) is 13.8 Å². The summed E-state index contributed by atoms with van der Waals surface area (Å²) in [6, 6.07) is 5.39. The van der Waals surface area contributed by atoms with Crippen LogP contribution in [0.4, 0.5) is 4.39 Å². The average Bonchev–Trinajstić information content (AvgIpc) is 2.30. The van der Waals surface area contributed by atoms with Crippen molar-refractivity contribution in [3.05, 3.63) is 29.6 Å². The molecule has 0 aromatic heterocycles. The average molecular weight is 248 g/mol. The minimum Gasteiger partial charge on any atom is -0.487 e. The van der Waals surface area contributed by atoms with E-state index in [9.17, 15) is 4.39 Å². The molecule has 3 aliphatic rings. The van der Waals surface area contributed by atoms with E-state index in [1.165, 1.54) is 12.8 Å². The second kappa shape index (κ2) is 4.56. The van der Waals surface area contributed by atoms with Crippen molar-refractivity contribution in [2.45, 2.75) is 51.6 Å². The van der Waals surface area contributed by atoms with Crippen LogP contribution in [-0.2, 0) is 0 Å². The van der Waals surface area contributed by atoms with Gasteiger partial charge in [-0.15, -0.1) is 0 Å². The number of benzene rings is 1. The van der Waals surface area contributed by atoms with Crippen molar-refractivity contribution >= 4 is 0 Å². The Morgan fingerprint density at radius 2 is 1.78 bits per heavy atom. The van der Waals surface area contributed by atoms with Crippen molar-refractivity contribution in [1.29, 1.82) is 0 Å². The number of hydrogen-bond acceptors (Lipinski definition) is 1. The van der Waals surface area contributed by atoms with E-state index in [1.807, 2.05) is 6.07 Å². The van der Waals surface area contributed by atoms with Gasteiger partial charge >= 0.3 is 0 Å². The molecule has 18 heavy (non-hydrogen) atoms. The maximum Gasteiger partial charge on any atom is 0.165 e. The number of hydrogen-bond donors (Lipinski definition) is 0. The van der Waals surface area contributed by atoms with Gasteiger partial charge < -0.3 is 4.74 Å². The van der Waals surface area contributed by atoms with Crippen molar-refractivity contribution in [3.63, 3.8) is 0 Å². The number of ether oxygens (including phenoxy) is 1. The quantitative estimate of drug-likeness (QED) is 0.764. The first-order valence-corrected chi connectivity index (χ1v) is 7.08. The highest BCUT2D eigenvalue weighted by atomic mass is 19.1. The molecular weight excluding hydrogens is 227 g/mol. The van der Waals surface area contributed by atoms with Gasteiger partial charge in [-0.25, -0.2) is 4.39 Å². The Hall–Kier alpha value is -1.05. The van der Waals surface area contributed by atoms with Crippen molar-refractivity contribution in [2.75, 3.05) is 0 Å². The lowest BCUT2D eigenvalue weighted by Gasteiger charge is -2.44. The number of halogens is 1. The second-order valence-electron chi connectivity index (χ2n) is 6.26. The Labute approximate surface area is 108 Å². The van der Waals surface area contributed by atoms with Gasteiger partial charge in [0.1, 0.15) is 0 Å². The van der Waals surface area contributed by atoms with Gasteiger partial charge in [-0.2, -0.15) is 0 Å². The fourth-order valence-corrected chi connectivity index (χ4v) is 3.35. The topological polar surface area (TPSA) is 9.23 Å². The first kappa shape index (κ1) is 12.0. The summed E-state index contributed by atoms with van der Waals surface area (Å²) < 4.78 is 19.8. The van der Waals surface area contributed by atoms with E-state index in [1.54, 1.807) is 12.1 Å². The van der Waals surface area contributed by atoms with Crippen LogP contribution in [0.25, 0.3) is 0 Å². The molecule has 1 aromatic carbocycles. The molecule has 3 saturated carbocycles. The first-order valence-electron chi connectivity index (χ1n) is 7.08. The fraction of sp³-hybridized carbons (Fsp3) is 0.625. The Morgan fingerprint density at radius 3 is 2.33 bits per heavy atom. The molecule has 3 fully saturated rings. The highest BCUT2D eigenvalue weighted by Crippen LogP contribution is 2.46. The van der Waals surface area contributed by atoms with Crippen LogP contribution in [0.2, 0.25) is 0 Å². The summed E-state index contributed by atoms with van der Waals surface area (Å²) in [5.74, 6) is 2.26. The lowest BCUT2D eigenvalue weighted by atomic mass is 9.64. The van der Waals surface area contributed by atoms with E-state index in [4.69, 9.17) is 4.74 Å². The smallest absolute Gasteiger partial charge is 0.165 e. The highest BCUT2D eigenvalue weighted by Gasteiger charge is 2.39. The van der Waals surface area contributed by atoms with Gasteiger partial charge in [0.05, 0.1) is 6.10 Å². The predicted octanol–water partition coefficient (Wildman–Crippen LogP) is 4.52. The molecule has 2 heteroatoms. The van der Waals surface area contributed by atoms with Crippen molar-refractivity contribution < 1.29 is 9.13 Å². The zero-order chi connectivity index (χ0) is 12.7. The molecule has 1 nitrogen and oxygen atoms in total. The van der Waals surface area contributed by atoms with Gasteiger partial charge in [-0.1, -0.05) is 19.9 Å². The standard InChI is InChI=1S/C16H21FO/c1-10(2)13-3-4-16(15(17)9-13)18-14-7-11-5-12(6-11)8-14/h3-4,9-12,14H,5-8H2,1-2H3. The SMILES string of the molecule is CC(C)c1ccc(OC2CC3CC(C3)C2)c(F)c1. The molecule has 0 amide bonds. The molecule has 2 bridgehead atoms. The Balaban J connectivity index is 1.69. The van der Waals surface area contributed by atoms with Crippen molar-refractivity contribution in [1.82, 2.24) is 0 Å². The molecule has 0 N–H and O–H groups in total. The predicted molar refractivity (Wildman–Crippen MR) is 70.4 cm³/mol. The second-order valence-corrected chi connectivity index (χ2v) is 6.26. The Morgan fingerprint density at radius 1 is 1.11 bits per heavy atom. The third-order valence-corrected chi connectivity index (χ3v) is 4.44. The maximum absolute atomic E-state index is 13.9. The van der Waals surface area contributed by atoms with E-state index in [0.29, 0.717) is 11.7 Å². The van der Waals surface area contributed by atoms with Crippen LogP contribution in [-0.4, -0.2) is 6.10 Å². The zero-order valence-corrected chi connectivity index (χ0v) is 11.2. The molecule has 3 aliphatic carbocycles. The molecule has 0 aliphatic heterocycles. The van der Waals surface area contributed by atoms with Crippen LogP contribution in [0, 0.1) is 17.7 Å². The molecule has 4 rings (SSSR count). The van der Waals surface area contributed by atoms with Gasteiger partial charge in [-0.05, 0) is 61.1 Å². The molecule has 1 aromatic rings. The minimum absolute atomic E-state index is 0.208. The van der Waals surface area contributed by atoms with E-state index in [0.717, 1.165) is 30.2 Å². The lowest BCUT2D eigenvalue weighted by molar-refractivity contribution is 0.0112. The number of fused-ring (bicyclic) bond motifs is 2. The third kappa shape index (κ3) is 2.25. The van der Waals surface area contributed by atoms with Crippen LogP contribution < -0.4 is 4.74 Å². The Bertz CT molecular complexity index is 425. The molecule has 0 saturated heterocycles. The summed E-state index contributed by atoms with van der Waals surface area (Å²) in [6.07, 6.45) is 5.20. The summed E-state index contributed by atoms with van der Waals surface area (Å²) in [7, 11) is 0. The van der Waals surface area contributed by atoms with Gasteiger partial charge in [0, 0.05) is 0 Å². The van der Waals surface area contributed by atoms with Crippen LogP contribution in [0.3, 0.4) is 0 Å². The lowest BCUT2D eigenvalue weighted by Crippen LogP contribution is -2.39. The van der Waals surface area contributed by atoms with E-state index in [-0.39, 0.29) is 11.9 Å². The van der Waals surface area contributed by atoms with Crippen molar-refractivity contribution in [3.8, 4) is 5.75 Å². The van der Waals surface area contributed by atoms with Crippen LogP contribution >= 0.6 is 0 Å². The van der Waals surface area contributed by atoms with Crippen LogP contribution in [0.1, 0.15) is 51.0 Å². The van der Waals surface area contributed by atoms with Gasteiger partial charge in [0.15, 0.2) is 11.6 Å². The third-order valence-electron chi connectivity index (χ3n) is 4.44. The molecule has 0 radical (unpaired) electrons. The summed E-state index contributed by atoms with van der Waals surface area (Å²) in [5, 5.41) is 0. The summed E-state index contributed by atoms with van der Waals surface area (Å²) in [6.45, 7) is 4.15. The van der Waals surface area contributed by atoms with E-state index >= 15 is 0 Å². The number of rotatable bonds is 3. The van der Waals surface area contributed by atoms with Gasteiger partial charge in [-0.3, -0.25) is 0 Å². The molecule has 0 heterocycles. The summed E-state index contributed by atoms with van der Waals surface area (Å²) in [5.41, 5.74) is 1.03. The molecule has 0 atom stereocenters. The van der Waals surface area contributed by atoms with Gasteiger partial charge in [0.2, 0.25) is 0 Å². The highest BCUT2D eigenvalue weighted by molar-refractivity contribution is 5.31. The molecule has 98 valence electrons. The normalized spacial score (nSPS) is 30.1. The largest absolute Gasteiger partial charge is 0.487 e. The first-order chi connectivity index (χ1) is 8.61. The maximum atomic E-state index is 13.9. The fourth-order valence-electron chi connectivity index (χ4n) is 3.35. The zero-order valence-electron chi connectivity index (χ0n) is 11.2. The summed E-state index contributed by atoms with van der Waals surface area (Å²) in [4.78, 5) is 0. The van der Waals surface area contributed by atoms with Crippen LogP contribution in [0.15, 0.2) is 18.2 Å². The molecule has 0 unspecified atom stereocenters. The van der Waals surface area contributed by atoms with E-state index < -0.39 is 0 Å². The van der Waals surface area contributed by atoms with Crippen molar-refractivity contribution in [2.24, 2.45) is 11.8 Å². The van der Waals surface area contributed by atoms with Crippen LogP contribution in [0.5, 0.6) is 5.75 Å². The summed E-state index contributed by atoms with van der Waals surface area (Å²) >= 11 is 0. The molecular formula is C16H21FO. The molecule has 0 spiro atoms. The van der Waals surface area contributed by atoms with Gasteiger partial charge in [0.25, 0.3) is 0 Å². The Kier molecular flexibility index (Phi) is 3.04.